The Morgan fingerprint density at radius 1 is 1.27 bits per heavy atom. The van der Waals surface area contributed by atoms with Gasteiger partial charge in [-0.2, -0.15) is 0 Å². The Morgan fingerprint density at radius 2 is 2.14 bits per heavy atom. The van der Waals surface area contributed by atoms with E-state index in [1.54, 1.807) is 0 Å². The number of hydrogen-bond donors (Lipinski definition) is 0. The zero-order valence-corrected chi connectivity index (χ0v) is 13.7. The van der Waals surface area contributed by atoms with E-state index in [0.29, 0.717) is 6.04 Å². The van der Waals surface area contributed by atoms with E-state index in [1.165, 1.54) is 17.1 Å². The number of rotatable bonds is 5. The molecule has 1 aliphatic rings. The lowest BCUT2D eigenvalue weighted by Crippen LogP contribution is -2.35. The molecule has 0 saturated heterocycles. The summed E-state index contributed by atoms with van der Waals surface area (Å²) in [6, 6.07) is 4.69. The highest BCUT2D eigenvalue weighted by atomic mass is 15.3. The molecule has 0 amide bonds. The maximum atomic E-state index is 4.64. The molecule has 5 heteroatoms. The summed E-state index contributed by atoms with van der Waals surface area (Å²) >= 11 is 0. The molecule has 2 aromatic rings. The van der Waals surface area contributed by atoms with Crippen molar-refractivity contribution < 1.29 is 0 Å². The van der Waals surface area contributed by atoms with Crippen LogP contribution in [-0.2, 0) is 26.2 Å². The molecular formula is C17H25N5. The third-order valence-corrected chi connectivity index (χ3v) is 4.45. The van der Waals surface area contributed by atoms with Crippen LogP contribution in [0.5, 0.6) is 0 Å². The third kappa shape index (κ3) is 3.36. The maximum Gasteiger partial charge on any atom is 0.123 e. The van der Waals surface area contributed by atoms with Crippen LogP contribution in [0.25, 0.3) is 0 Å². The van der Waals surface area contributed by atoms with E-state index in [0.717, 1.165) is 32.7 Å². The summed E-state index contributed by atoms with van der Waals surface area (Å²) in [7, 11) is 2.17. The second kappa shape index (κ2) is 6.58. The molecule has 0 unspecified atom stereocenters. The molecule has 118 valence electrons. The number of hydrogen-bond acceptors (Lipinski definition) is 4. The number of aromatic nitrogens is 3. The first-order valence-corrected chi connectivity index (χ1v) is 7.98. The molecular weight excluding hydrogens is 274 g/mol. The normalized spacial score (nSPS) is 15.5. The average molecular weight is 299 g/mol. The first-order chi connectivity index (χ1) is 10.6. The molecule has 0 saturated carbocycles. The van der Waals surface area contributed by atoms with Crippen LogP contribution in [-0.4, -0.2) is 44.0 Å². The average Bonchev–Trinajstić information content (AvgIpc) is 2.90. The van der Waals surface area contributed by atoms with Gasteiger partial charge >= 0.3 is 0 Å². The fraction of sp³-hybridized carbons (Fsp3) is 0.529. The largest absolute Gasteiger partial charge is 0.328 e. The van der Waals surface area contributed by atoms with Gasteiger partial charge in [0.15, 0.2) is 0 Å². The highest BCUT2D eigenvalue weighted by Gasteiger charge is 2.20. The van der Waals surface area contributed by atoms with Crippen molar-refractivity contribution in [3.8, 4) is 0 Å². The highest BCUT2D eigenvalue weighted by molar-refractivity contribution is 5.11. The van der Waals surface area contributed by atoms with Gasteiger partial charge in [0, 0.05) is 50.8 Å². The Morgan fingerprint density at radius 3 is 2.86 bits per heavy atom. The SMILES string of the molecule is CC(C)N(C)Cc1cnc2n1CCN(Cc1cccnc1)C2. The Hall–Kier alpha value is -1.72. The van der Waals surface area contributed by atoms with E-state index in [-0.39, 0.29) is 0 Å². The molecule has 0 aliphatic carbocycles. The zero-order valence-electron chi connectivity index (χ0n) is 13.7. The van der Waals surface area contributed by atoms with Gasteiger partial charge in [-0.25, -0.2) is 4.98 Å². The van der Waals surface area contributed by atoms with Gasteiger partial charge in [0.2, 0.25) is 0 Å². The van der Waals surface area contributed by atoms with Gasteiger partial charge in [0.05, 0.1) is 12.2 Å². The number of imidazole rings is 1. The second-order valence-electron chi connectivity index (χ2n) is 6.40. The predicted molar refractivity (Wildman–Crippen MR) is 87.2 cm³/mol. The molecule has 0 radical (unpaired) electrons. The van der Waals surface area contributed by atoms with Gasteiger partial charge in [-0.3, -0.25) is 14.8 Å². The van der Waals surface area contributed by atoms with Gasteiger partial charge in [-0.05, 0) is 32.5 Å². The lowest BCUT2D eigenvalue weighted by Gasteiger charge is -2.29. The van der Waals surface area contributed by atoms with Crippen LogP contribution in [0, 0.1) is 0 Å². The number of pyridine rings is 1. The number of nitrogens with zero attached hydrogens (tertiary/aromatic N) is 5. The lowest BCUT2D eigenvalue weighted by atomic mass is 10.2. The first-order valence-electron chi connectivity index (χ1n) is 7.98. The van der Waals surface area contributed by atoms with Gasteiger partial charge < -0.3 is 4.57 Å². The van der Waals surface area contributed by atoms with E-state index in [9.17, 15) is 0 Å². The molecule has 0 spiro atoms. The van der Waals surface area contributed by atoms with E-state index in [2.05, 4.69) is 51.3 Å². The van der Waals surface area contributed by atoms with Crippen LogP contribution in [0.1, 0.15) is 30.9 Å². The molecule has 5 nitrogen and oxygen atoms in total. The van der Waals surface area contributed by atoms with Gasteiger partial charge in [-0.1, -0.05) is 6.07 Å². The standard InChI is InChI=1S/C17H25N5/c1-14(2)20(3)12-16-10-19-17-13-21(7-8-22(16)17)11-15-5-4-6-18-9-15/h4-6,9-10,14H,7-8,11-13H2,1-3H3. The van der Waals surface area contributed by atoms with Gasteiger partial charge in [0.1, 0.15) is 5.82 Å². The maximum absolute atomic E-state index is 4.64. The van der Waals surface area contributed by atoms with Crippen LogP contribution in [0.4, 0.5) is 0 Å². The molecule has 0 bridgehead atoms. The highest BCUT2D eigenvalue weighted by Crippen LogP contribution is 2.17. The van der Waals surface area contributed by atoms with Crippen molar-refractivity contribution in [2.24, 2.45) is 0 Å². The summed E-state index contributed by atoms with van der Waals surface area (Å²) in [5.74, 6) is 1.18. The van der Waals surface area contributed by atoms with Crippen LogP contribution >= 0.6 is 0 Å². The van der Waals surface area contributed by atoms with Crippen molar-refractivity contribution in [3.63, 3.8) is 0 Å². The van der Waals surface area contributed by atoms with Crippen molar-refractivity contribution in [2.75, 3.05) is 13.6 Å². The quantitative estimate of drug-likeness (QED) is 0.847. The van der Waals surface area contributed by atoms with Crippen molar-refractivity contribution in [2.45, 2.75) is 46.1 Å². The topological polar surface area (TPSA) is 37.2 Å². The smallest absolute Gasteiger partial charge is 0.123 e. The first kappa shape index (κ1) is 15.2. The molecule has 0 N–H and O–H groups in total. The van der Waals surface area contributed by atoms with Crippen LogP contribution in [0.2, 0.25) is 0 Å². The minimum Gasteiger partial charge on any atom is -0.328 e. The minimum absolute atomic E-state index is 0.553. The summed E-state index contributed by atoms with van der Waals surface area (Å²) in [6.45, 7) is 9.37. The number of fused-ring (bicyclic) bond motifs is 1. The van der Waals surface area contributed by atoms with E-state index in [4.69, 9.17) is 0 Å². The van der Waals surface area contributed by atoms with E-state index in [1.807, 2.05) is 24.7 Å². The molecule has 0 fully saturated rings. The Labute approximate surface area is 132 Å². The van der Waals surface area contributed by atoms with Crippen molar-refractivity contribution in [1.29, 1.82) is 0 Å². The summed E-state index contributed by atoms with van der Waals surface area (Å²) in [4.78, 5) is 13.6. The van der Waals surface area contributed by atoms with E-state index < -0.39 is 0 Å². The lowest BCUT2D eigenvalue weighted by molar-refractivity contribution is 0.201. The van der Waals surface area contributed by atoms with Crippen LogP contribution in [0.3, 0.4) is 0 Å². The molecule has 3 heterocycles. The van der Waals surface area contributed by atoms with Crippen molar-refractivity contribution in [1.82, 2.24) is 24.3 Å². The molecule has 0 aromatic carbocycles. The van der Waals surface area contributed by atoms with Crippen molar-refractivity contribution >= 4 is 0 Å². The molecule has 22 heavy (non-hydrogen) atoms. The van der Waals surface area contributed by atoms with Gasteiger partial charge in [-0.15, -0.1) is 0 Å². The molecule has 1 aliphatic heterocycles. The molecule has 0 atom stereocenters. The van der Waals surface area contributed by atoms with Crippen LogP contribution < -0.4 is 0 Å². The summed E-state index contributed by atoms with van der Waals surface area (Å²) in [5.41, 5.74) is 2.59. The fourth-order valence-electron chi connectivity index (χ4n) is 2.82. The third-order valence-electron chi connectivity index (χ3n) is 4.45. The minimum atomic E-state index is 0.553. The summed E-state index contributed by atoms with van der Waals surface area (Å²) in [6.07, 6.45) is 5.82. The monoisotopic (exact) mass is 299 g/mol. The predicted octanol–water partition coefficient (Wildman–Crippen LogP) is 2.13. The Kier molecular flexibility index (Phi) is 4.55. The van der Waals surface area contributed by atoms with Crippen LogP contribution in [0.15, 0.2) is 30.7 Å². The second-order valence-corrected chi connectivity index (χ2v) is 6.40. The fourth-order valence-corrected chi connectivity index (χ4v) is 2.82. The molecule has 3 rings (SSSR count). The van der Waals surface area contributed by atoms with E-state index >= 15 is 0 Å². The summed E-state index contributed by atoms with van der Waals surface area (Å²) in [5, 5.41) is 0. The molecule has 2 aromatic heterocycles. The van der Waals surface area contributed by atoms with Gasteiger partial charge in [0.25, 0.3) is 0 Å². The summed E-state index contributed by atoms with van der Waals surface area (Å²) < 4.78 is 2.39. The Bertz CT molecular complexity index is 605. The Balaban J connectivity index is 1.66. The van der Waals surface area contributed by atoms with Crippen molar-refractivity contribution in [3.05, 3.63) is 47.8 Å². The zero-order chi connectivity index (χ0) is 15.5.